The summed E-state index contributed by atoms with van der Waals surface area (Å²) in [7, 11) is -2.17. The summed E-state index contributed by atoms with van der Waals surface area (Å²) in [4.78, 5) is 0. The van der Waals surface area contributed by atoms with E-state index in [2.05, 4.69) is 9.59 Å². The minimum Gasteiger partial charge on any atom is -0.402 e. The quantitative estimate of drug-likeness (QED) is 0.503. The molecule has 2 rings (SSSR count). The molecular formula is C6H7BN2O3S. The maximum Gasteiger partial charge on any atom is 0.631 e. The van der Waals surface area contributed by atoms with Crippen molar-refractivity contribution in [1.82, 2.24) is 9.59 Å². The van der Waals surface area contributed by atoms with Crippen LogP contribution in [0, 0.1) is 0 Å². The zero-order valence-corrected chi connectivity index (χ0v) is 7.35. The summed E-state index contributed by atoms with van der Waals surface area (Å²) in [6.07, 6.45) is 0. The molecule has 0 aliphatic rings. The van der Waals surface area contributed by atoms with Crippen LogP contribution in [0.2, 0.25) is 0 Å². The average Bonchev–Trinajstić information content (AvgIpc) is 2.49. The van der Waals surface area contributed by atoms with Gasteiger partial charge in [-0.15, -0.1) is 5.10 Å². The first-order chi connectivity index (χ1) is 6.20. The number of fused-ring (bicyclic) bond motifs is 1. The monoisotopic (exact) mass is 198 g/mol. The first-order valence-corrected chi connectivity index (χ1v) is 4.19. The summed E-state index contributed by atoms with van der Waals surface area (Å²) in [5, 5.41) is 25.4. The third kappa shape index (κ3) is 3.47. The van der Waals surface area contributed by atoms with Crippen molar-refractivity contribution in [2.24, 2.45) is 0 Å². The van der Waals surface area contributed by atoms with Gasteiger partial charge in [0.05, 0.1) is 4.70 Å². The van der Waals surface area contributed by atoms with Gasteiger partial charge in [-0.3, -0.25) is 0 Å². The van der Waals surface area contributed by atoms with Crippen LogP contribution in [0.3, 0.4) is 0 Å². The van der Waals surface area contributed by atoms with Crippen LogP contribution in [-0.4, -0.2) is 32.0 Å². The van der Waals surface area contributed by atoms with Gasteiger partial charge in [0.2, 0.25) is 0 Å². The summed E-state index contributed by atoms with van der Waals surface area (Å²) in [6.45, 7) is 0. The Morgan fingerprint density at radius 2 is 1.77 bits per heavy atom. The minimum absolute atomic E-state index is 0.988. The fourth-order valence-corrected chi connectivity index (χ4v) is 1.28. The molecule has 0 saturated heterocycles. The lowest BCUT2D eigenvalue weighted by Gasteiger charge is -1.78. The molecule has 13 heavy (non-hydrogen) atoms. The highest BCUT2D eigenvalue weighted by molar-refractivity contribution is 7.12. The van der Waals surface area contributed by atoms with Crippen molar-refractivity contribution >= 4 is 29.1 Å². The molecule has 0 fully saturated rings. The standard InChI is InChI=1S/C6H4N2S.BH3O3/c1-2-4-6-5(3-1)7-8-9-6;2-1(3)4/h1-4H;2-4H. The van der Waals surface area contributed by atoms with Crippen molar-refractivity contribution in [3.8, 4) is 0 Å². The van der Waals surface area contributed by atoms with Crippen molar-refractivity contribution < 1.29 is 15.1 Å². The molecule has 0 spiro atoms. The summed E-state index contributed by atoms with van der Waals surface area (Å²) < 4.78 is 4.94. The van der Waals surface area contributed by atoms with Gasteiger partial charge in [0.25, 0.3) is 0 Å². The number of hydrogen-bond donors (Lipinski definition) is 3. The molecule has 0 amide bonds. The molecule has 2 aromatic rings. The zero-order valence-electron chi connectivity index (χ0n) is 6.53. The van der Waals surface area contributed by atoms with Crippen LogP contribution in [-0.2, 0) is 0 Å². The van der Waals surface area contributed by atoms with Crippen molar-refractivity contribution in [1.29, 1.82) is 0 Å². The van der Waals surface area contributed by atoms with E-state index in [0.29, 0.717) is 0 Å². The molecule has 68 valence electrons. The Labute approximate surface area is 78.6 Å². The molecule has 0 bridgehead atoms. The molecule has 5 nitrogen and oxygen atoms in total. The first kappa shape index (κ1) is 10.1. The summed E-state index contributed by atoms with van der Waals surface area (Å²) >= 11 is 1.43. The van der Waals surface area contributed by atoms with E-state index in [0.717, 1.165) is 10.2 Å². The Morgan fingerprint density at radius 3 is 2.38 bits per heavy atom. The molecule has 0 radical (unpaired) electrons. The van der Waals surface area contributed by atoms with Gasteiger partial charge in [-0.2, -0.15) is 0 Å². The number of nitrogens with zero attached hydrogens (tertiary/aromatic N) is 2. The number of hydrogen-bond acceptors (Lipinski definition) is 6. The molecule has 1 heterocycles. The van der Waals surface area contributed by atoms with Gasteiger partial charge in [0.1, 0.15) is 5.52 Å². The van der Waals surface area contributed by atoms with Gasteiger partial charge in [0.15, 0.2) is 0 Å². The fourth-order valence-electron chi connectivity index (χ4n) is 0.725. The third-order valence-electron chi connectivity index (χ3n) is 1.15. The molecule has 3 N–H and O–H groups in total. The van der Waals surface area contributed by atoms with Crippen molar-refractivity contribution in [2.75, 3.05) is 0 Å². The second kappa shape index (κ2) is 4.88. The predicted molar refractivity (Wildman–Crippen MR) is 49.8 cm³/mol. The van der Waals surface area contributed by atoms with Gasteiger partial charge in [-0.25, -0.2) is 0 Å². The summed E-state index contributed by atoms with van der Waals surface area (Å²) in [5.41, 5.74) is 0.988. The molecule has 0 aliphatic heterocycles. The number of benzene rings is 1. The topological polar surface area (TPSA) is 86.5 Å². The fraction of sp³-hybridized carbons (Fsp3) is 0. The van der Waals surface area contributed by atoms with Gasteiger partial charge in [-0.1, -0.05) is 16.6 Å². The van der Waals surface area contributed by atoms with Gasteiger partial charge >= 0.3 is 7.32 Å². The van der Waals surface area contributed by atoms with E-state index in [1.165, 1.54) is 11.5 Å². The lowest BCUT2D eigenvalue weighted by Crippen LogP contribution is -2.07. The molecule has 0 saturated carbocycles. The minimum atomic E-state index is -2.17. The lowest BCUT2D eigenvalue weighted by atomic mass is 10.3. The Bertz CT molecular complexity index is 334. The molecular weight excluding hydrogens is 191 g/mol. The van der Waals surface area contributed by atoms with E-state index >= 15 is 0 Å². The molecule has 1 aromatic heterocycles. The van der Waals surface area contributed by atoms with Gasteiger partial charge < -0.3 is 15.1 Å². The molecule has 0 atom stereocenters. The lowest BCUT2D eigenvalue weighted by molar-refractivity contribution is 0.278. The van der Waals surface area contributed by atoms with Crippen molar-refractivity contribution in [3.63, 3.8) is 0 Å². The maximum atomic E-state index is 7.17. The average molecular weight is 198 g/mol. The van der Waals surface area contributed by atoms with Crippen LogP contribution in [0.5, 0.6) is 0 Å². The normalized spacial score (nSPS) is 9.15. The van der Waals surface area contributed by atoms with E-state index in [1.807, 2.05) is 24.3 Å². The smallest absolute Gasteiger partial charge is 0.402 e. The Morgan fingerprint density at radius 1 is 1.15 bits per heavy atom. The maximum absolute atomic E-state index is 7.17. The van der Waals surface area contributed by atoms with Crippen LogP contribution in [0.4, 0.5) is 0 Å². The van der Waals surface area contributed by atoms with Gasteiger partial charge in [-0.05, 0) is 23.7 Å². The van der Waals surface area contributed by atoms with Crippen LogP contribution >= 0.6 is 11.5 Å². The van der Waals surface area contributed by atoms with E-state index in [-0.39, 0.29) is 0 Å². The largest absolute Gasteiger partial charge is 0.631 e. The Balaban J connectivity index is 0.000000184. The predicted octanol–water partition coefficient (Wildman–Crippen LogP) is -0.361. The highest BCUT2D eigenvalue weighted by Gasteiger charge is 1.92. The van der Waals surface area contributed by atoms with Crippen LogP contribution in [0.25, 0.3) is 10.2 Å². The Kier molecular flexibility index (Phi) is 3.78. The first-order valence-electron chi connectivity index (χ1n) is 3.41. The second-order valence-corrected chi connectivity index (χ2v) is 2.87. The number of aromatic nitrogens is 2. The molecule has 7 heteroatoms. The SMILES string of the molecule is OB(O)O.c1ccc2snnc2c1. The summed E-state index contributed by atoms with van der Waals surface area (Å²) in [6, 6.07) is 7.92. The molecule has 0 unspecified atom stereocenters. The number of rotatable bonds is 0. The van der Waals surface area contributed by atoms with Crippen LogP contribution in [0.1, 0.15) is 0 Å². The van der Waals surface area contributed by atoms with E-state index in [4.69, 9.17) is 15.1 Å². The summed E-state index contributed by atoms with van der Waals surface area (Å²) in [5.74, 6) is 0. The molecule has 1 aromatic carbocycles. The van der Waals surface area contributed by atoms with E-state index in [9.17, 15) is 0 Å². The molecule has 0 aliphatic carbocycles. The highest BCUT2D eigenvalue weighted by Crippen LogP contribution is 2.12. The zero-order chi connectivity index (χ0) is 9.68. The third-order valence-corrected chi connectivity index (χ3v) is 1.86. The van der Waals surface area contributed by atoms with Gasteiger partial charge in [0, 0.05) is 0 Å². The van der Waals surface area contributed by atoms with Crippen LogP contribution in [0.15, 0.2) is 24.3 Å². The van der Waals surface area contributed by atoms with Crippen LogP contribution < -0.4 is 0 Å². The van der Waals surface area contributed by atoms with E-state index in [1.54, 1.807) is 0 Å². The van der Waals surface area contributed by atoms with Crippen molar-refractivity contribution in [2.45, 2.75) is 0 Å². The highest BCUT2D eigenvalue weighted by atomic mass is 32.1. The second-order valence-electron chi connectivity index (χ2n) is 2.09. The Hall–Kier alpha value is -1.02. The van der Waals surface area contributed by atoms with Crippen molar-refractivity contribution in [3.05, 3.63) is 24.3 Å². The van der Waals surface area contributed by atoms with E-state index < -0.39 is 7.32 Å².